The lowest BCUT2D eigenvalue weighted by atomic mass is 10.2. The molecule has 8 heteroatoms. The number of rotatable bonds is 5. The lowest BCUT2D eigenvalue weighted by Gasteiger charge is -2.04. The second-order valence-corrected chi connectivity index (χ2v) is 5.30. The number of aryl methyl sites for hydroxylation is 1. The van der Waals surface area contributed by atoms with Crippen LogP contribution >= 0.6 is 11.3 Å². The van der Waals surface area contributed by atoms with Crippen LogP contribution in [0, 0.1) is 17.0 Å². The summed E-state index contributed by atoms with van der Waals surface area (Å²) in [6.45, 7) is 1.79. The molecule has 0 radical (unpaired) electrons. The molecule has 7 nitrogen and oxygen atoms in total. The Bertz CT molecular complexity index is 798. The molecule has 0 aliphatic heterocycles. The smallest absolute Gasteiger partial charge is 0.272 e. The van der Waals surface area contributed by atoms with Crippen molar-refractivity contribution in [2.45, 2.75) is 13.5 Å². The van der Waals surface area contributed by atoms with E-state index in [1.54, 1.807) is 30.4 Å². The molecule has 0 unspecified atom stereocenters. The summed E-state index contributed by atoms with van der Waals surface area (Å²) in [5, 5.41) is 18.4. The number of nitro benzene ring substituents is 1. The molecule has 0 aliphatic carbocycles. The van der Waals surface area contributed by atoms with E-state index in [0.717, 1.165) is 5.56 Å². The molecule has 2 heterocycles. The first-order valence-corrected chi connectivity index (χ1v) is 7.31. The second kappa shape index (κ2) is 5.94. The average molecular weight is 317 g/mol. The van der Waals surface area contributed by atoms with E-state index in [1.165, 1.54) is 6.07 Å². The number of hydrogen-bond acceptors (Lipinski definition) is 7. The SMILES string of the molecule is Cc1cc(OCc2noc(-c3ccsc3)n2)ccc1[N+](=O)[O-]. The summed E-state index contributed by atoms with van der Waals surface area (Å²) >= 11 is 1.55. The van der Waals surface area contributed by atoms with Crippen molar-refractivity contribution in [1.29, 1.82) is 0 Å². The van der Waals surface area contributed by atoms with E-state index in [9.17, 15) is 10.1 Å². The Morgan fingerprint density at radius 2 is 2.27 bits per heavy atom. The quantitative estimate of drug-likeness (QED) is 0.527. The zero-order valence-electron chi connectivity index (χ0n) is 11.6. The van der Waals surface area contributed by atoms with Crippen molar-refractivity contribution >= 4 is 17.0 Å². The summed E-state index contributed by atoms with van der Waals surface area (Å²) in [6.07, 6.45) is 0. The number of benzene rings is 1. The van der Waals surface area contributed by atoms with E-state index in [4.69, 9.17) is 9.26 Å². The van der Waals surface area contributed by atoms with E-state index in [1.807, 2.05) is 16.8 Å². The van der Waals surface area contributed by atoms with Crippen molar-refractivity contribution < 1.29 is 14.2 Å². The van der Waals surface area contributed by atoms with Gasteiger partial charge in [-0.05, 0) is 30.5 Å². The third kappa shape index (κ3) is 2.96. The molecule has 0 saturated carbocycles. The summed E-state index contributed by atoms with van der Waals surface area (Å²) in [7, 11) is 0. The first kappa shape index (κ1) is 14.2. The third-order valence-electron chi connectivity index (χ3n) is 2.97. The maximum atomic E-state index is 10.8. The Hall–Kier alpha value is -2.74. The third-order valence-corrected chi connectivity index (χ3v) is 3.65. The number of hydrogen-bond donors (Lipinski definition) is 0. The Labute approximate surface area is 129 Å². The highest BCUT2D eigenvalue weighted by Crippen LogP contribution is 2.24. The molecule has 0 bridgehead atoms. The number of aromatic nitrogens is 2. The largest absolute Gasteiger partial charge is 0.485 e. The molecule has 0 amide bonds. The first-order valence-electron chi connectivity index (χ1n) is 6.36. The van der Waals surface area contributed by atoms with Gasteiger partial charge in [0.1, 0.15) is 5.75 Å². The van der Waals surface area contributed by atoms with Gasteiger partial charge in [0, 0.05) is 17.0 Å². The van der Waals surface area contributed by atoms with Gasteiger partial charge in [0.25, 0.3) is 11.6 Å². The standard InChI is InChI=1S/C14H11N3O4S/c1-9-6-11(2-3-12(9)17(18)19)20-7-13-15-14(21-16-13)10-4-5-22-8-10/h2-6,8H,7H2,1H3. The first-order chi connectivity index (χ1) is 10.6. The molecule has 3 rings (SSSR count). The predicted molar refractivity (Wildman–Crippen MR) is 79.8 cm³/mol. The van der Waals surface area contributed by atoms with Gasteiger partial charge >= 0.3 is 0 Å². The van der Waals surface area contributed by atoms with Crippen molar-refractivity contribution in [2.75, 3.05) is 0 Å². The maximum absolute atomic E-state index is 10.8. The van der Waals surface area contributed by atoms with Crippen LogP contribution in [0.4, 0.5) is 5.69 Å². The highest BCUT2D eigenvalue weighted by Gasteiger charge is 2.12. The average Bonchev–Trinajstić information content (AvgIpc) is 3.16. The Kier molecular flexibility index (Phi) is 3.84. The summed E-state index contributed by atoms with van der Waals surface area (Å²) in [5.41, 5.74) is 1.47. The van der Waals surface area contributed by atoms with Gasteiger partial charge < -0.3 is 9.26 Å². The minimum absolute atomic E-state index is 0.0617. The van der Waals surface area contributed by atoms with Crippen molar-refractivity contribution in [2.24, 2.45) is 0 Å². The fourth-order valence-electron chi connectivity index (χ4n) is 1.89. The van der Waals surface area contributed by atoms with Crippen molar-refractivity contribution in [1.82, 2.24) is 10.1 Å². The second-order valence-electron chi connectivity index (χ2n) is 4.52. The van der Waals surface area contributed by atoms with Crippen LogP contribution in [0.2, 0.25) is 0 Å². The van der Waals surface area contributed by atoms with Crippen LogP contribution in [0.1, 0.15) is 11.4 Å². The topological polar surface area (TPSA) is 91.3 Å². The summed E-state index contributed by atoms with van der Waals surface area (Å²) in [4.78, 5) is 14.6. The number of nitro groups is 1. The molecular formula is C14H11N3O4S. The van der Waals surface area contributed by atoms with Gasteiger partial charge in [-0.2, -0.15) is 16.3 Å². The van der Waals surface area contributed by atoms with Crippen LogP contribution < -0.4 is 4.74 Å². The highest BCUT2D eigenvalue weighted by molar-refractivity contribution is 7.08. The minimum atomic E-state index is -0.425. The van der Waals surface area contributed by atoms with Crippen LogP contribution in [0.15, 0.2) is 39.5 Å². The fraction of sp³-hybridized carbons (Fsp3) is 0.143. The predicted octanol–water partition coefficient (Wildman–Crippen LogP) is 3.59. The van der Waals surface area contributed by atoms with Gasteiger partial charge in [-0.1, -0.05) is 5.16 Å². The van der Waals surface area contributed by atoms with Crippen LogP contribution in [-0.2, 0) is 6.61 Å². The Balaban J connectivity index is 1.68. The van der Waals surface area contributed by atoms with E-state index in [0.29, 0.717) is 23.0 Å². The van der Waals surface area contributed by atoms with Crippen LogP contribution in [-0.4, -0.2) is 15.1 Å². The molecule has 0 saturated heterocycles. The summed E-state index contributed by atoms with van der Waals surface area (Å²) in [6, 6.07) is 6.46. The lowest BCUT2D eigenvalue weighted by molar-refractivity contribution is -0.385. The minimum Gasteiger partial charge on any atom is -0.485 e. The zero-order chi connectivity index (χ0) is 15.5. The summed E-state index contributed by atoms with van der Waals surface area (Å²) in [5.74, 6) is 1.38. The maximum Gasteiger partial charge on any atom is 0.272 e. The van der Waals surface area contributed by atoms with Gasteiger partial charge in [-0.25, -0.2) is 0 Å². The van der Waals surface area contributed by atoms with Crippen molar-refractivity contribution in [3.63, 3.8) is 0 Å². The summed E-state index contributed by atoms with van der Waals surface area (Å²) < 4.78 is 10.7. The number of nitrogens with zero attached hydrogens (tertiary/aromatic N) is 3. The Morgan fingerprint density at radius 1 is 1.41 bits per heavy atom. The molecule has 2 aromatic heterocycles. The van der Waals surface area contributed by atoms with Gasteiger partial charge in [-0.3, -0.25) is 10.1 Å². The normalized spacial score (nSPS) is 10.6. The van der Waals surface area contributed by atoms with Crippen molar-refractivity contribution in [3.8, 4) is 17.2 Å². The van der Waals surface area contributed by atoms with E-state index in [-0.39, 0.29) is 12.3 Å². The monoisotopic (exact) mass is 317 g/mol. The molecule has 0 aliphatic rings. The fourth-order valence-corrected chi connectivity index (χ4v) is 2.52. The van der Waals surface area contributed by atoms with Crippen LogP contribution in [0.5, 0.6) is 5.75 Å². The van der Waals surface area contributed by atoms with Crippen molar-refractivity contribution in [3.05, 3.63) is 56.5 Å². The van der Waals surface area contributed by atoms with E-state index < -0.39 is 4.92 Å². The van der Waals surface area contributed by atoms with Gasteiger partial charge in [-0.15, -0.1) is 0 Å². The van der Waals surface area contributed by atoms with Crippen LogP contribution in [0.3, 0.4) is 0 Å². The number of thiophene rings is 1. The van der Waals surface area contributed by atoms with Gasteiger partial charge in [0.05, 0.1) is 10.5 Å². The molecule has 0 atom stereocenters. The Morgan fingerprint density at radius 3 is 2.95 bits per heavy atom. The molecule has 22 heavy (non-hydrogen) atoms. The molecule has 1 aromatic carbocycles. The lowest BCUT2D eigenvalue weighted by Crippen LogP contribution is -1.99. The molecular weight excluding hydrogens is 306 g/mol. The van der Waals surface area contributed by atoms with Crippen LogP contribution in [0.25, 0.3) is 11.5 Å². The van der Waals surface area contributed by atoms with Gasteiger partial charge in [0.15, 0.2) is 6.61 Å². The highest BCUT2D eigenvalue weighted by atomic mass is 32.1. The molecule has 0 N–H and O–H groups in total. The molecule has 0 spiro atoms. The van der Waals surface area contributed by atoms with E-state index >= 15 is 0 Å². The zero-order valence-corrected chi connectivity index (χ0v) is 12.4. The molecule has 112 valence electrons. The van der Waals surface area contributed by atoms with Gasteiger partial charge in [0.2, 0.25) is 5.82 Å². The number of ether oxygens (including phenoxy) is 1. The molecule has 0 fully saturated rings. The van der Waals surface area contributed by atoms with E-state index in [2.05, 4.69) is 10.1 Å². The molecule has 3 aromatic rings.